The van der Waals surface area contributed by atoms with Gasteiger partial charge in [-0.1, -0.05) is 25.1 Å². The van der Waals surface area contributed by atoms with Crippen LogP contribution in [0.2, 0.25) is 0 Å². The van der Waals surface area contributed by atoms with Gasteiger partial charge in [-0.25, -0.2) is 0 Å². The molecule has 1 fully saturated rings. The lowest BCUT2D eigenvalue weighted by molar-refractivity contribution is -0.140. The van der Waals surface area contributed by atoms with Crippen LogP contribution in [0.4, 0.5) is 13.2 Å². The Hall–Kier alpha value is -2.05. The summed E-state index contributed by atoms with van der Waals surface area (Å²) in [5, 5.41) is 2.52. The van der Waals surface area contributed by atoms with E-state index >= 15 is 0 Å². The number of nitrogens with one attached hydrogen (secondary N) is 1. The Morgan fingerprint density at radius 2 is 2.00 bits per heavy atom. The summed E-state index contributed by atoms with van der Waals surface area (Å²) in [5.74, 6) is -1.10. The summed E-state index contributed by atoms with van der Waals surface area (Å²) >= 11 is 0. The summed E-state index contributed by atoms with van der Waals surface area (Å²) in [4.78, 5) is 25.8. The molecule has 2 amide bonds. The lowest BCUT2D eigenvalue weighted by Crippen LogP contribution is -2.45. The van der Waals surface area contributed by atoms with Crippen molar-refractivity contribution in [1.82, 2.24) is 10.2 Å². The lowest BCUT2D eigenvalue weighted by atomic mass is 9.92. The van der Waals surface area contributed by atoms with Crippen molar-refractivity contribution >= 4 is 11.8 Å². The SMILES string of the molecule is CNC(=O)[C@H]1CCCN1C(=O)C[C@@H](C)c1ccccc1C(F)(F)F. The Bertz CT molecular complexity index is 616. The molecule has 0 unspecified atom stereocenters. The van der Waals surface area contributed by atoms with E-state index in [0.29, 0.717) is 13.0 Å². The molecule has 0 radical (unpaired) electrons. The Labute approximate surface area is 139 Å². The van der Waals surface area contributed by atoms with Gasteiger partial charge >= 0.3 is 6.18 Å². The number of amides is 2. The topological polar surface area (TPSA) is 49.4 Å². The van der Waals surface area contributed by atoms with Gasteiger partial charge in [0, 0.05) is 20.0 Å². The van der Waals surface area contributed by atoms with Gasteiger partial charge in [0.05, 0.1) is 5.56 Å². The number of likely N-dealkylation sites (tertiary alicyclic amines) is 1. The zero-order chi connectivity index (χ0) is 17.9. The van der Waals surface area contributed by atoms with Gasteiger partial charge in [0.2, 0.25) is 11.8 Å². The van der Waals surface area contributed by atoms with Crippen LogP contribution in [0.25, 0.3) is 0 Å². The molecule has 1 saturated heterocycles. The molecule has 1 aliphatic heterocycles. The molecule has 1 aromatic carbocycles. The van der Waals surface area contributed by atoms with Gasteiger partial charge in [0.25, 0.3) is 0 Å². The summed E-state index contributed by atoms with van der Waals surface area (Å²) in [6, 6.07) is 4.78. The van der Waals surface area contributed by atoms with Crippen LogP contribution < -0.4 is 5.32 Å². The van der Waals surface area contributed by atoms with E-state index in [0.717, 1.165) is 12.5 Å². The molecule has 7 heteroatoms. The number of likely N-dealkylation sites (N-methyl/N-ethyl adjacent to an activating group) is 1. The number of alkyl halides is 3. The zero-order valence-corrected chi connectivity index (χ0v) is 13.7. The molecule has 0 saturated carbocycles. The van der Waals surface area contributed by atoms with Crippen molar-refractivity contribution < 1.29 is 22.8 Å². The van der Waals surface area contributed by atoms with E-state index in [-0.39, 0.29) is 23.8 Å². The Balaban J connectivity index is 2.14. The fourth-order valence-corrected chi connectivity index (χ4v) is 3.18. The van der Waals surface area contributed by atoms with Crippen LogP contribution in [-0.2, 0) is 15.8 Å². The number of hydrogen-bond donors (Lipinski definition) is 1. The van der Waals surface area contributed by atoms with Crippen molar-refractivity contribution in [3.05, 3.63) is 35.4 Å². The number of carbonyl (C=O) groups is 2. The second-order valence-corrected chi connectivity index (χ2v) is 6.05. The first-order chi connectivity index (χ1) is 11.3. The third-order valence-electron chi connectivity index (χ3n) is 4.40. The van der Waals surface area contributed by atoms with Crippen molar-refractivity contribution in [2.45, 2.75) is 44.3 Å². The van der Waals surface area contributed by atoms with Crippen LogP contribution in [0.3, 0.4) is 0 Å². The normalized spacial score (nSPS) is 19.2. The quantitative estimate of drug-likeness (QED) is 0.915. The number of halogens is 3. The molecule has 2 atom stereocenters. The van der Waals surface area contributed by atoms with Crippen LogP contribution in [0.5, 0.6) is 0 Å². The molecule has 1 aliphatic rings. The van der Waals surface area contributed by atoms with Crippen molar-refractivity contribution in [3.8, 4) is 0 Å². The highest BCUT2D eigenvalue weighted by Crippen LogP contribution is 2.36. The standard InChI is InChI=1S/C17H21F3N2O2/c1-11(12-6-3-4-7-13(12)17(18,19)20)10-15(23)22-9-5-8-14(22)16(24)21-2/h3-4,6-7,11,14H,5,8-10H2,1-2H3,(H,21,24)/t11-,14-/m1/s1. The third-order valence-corrected chi connectivity index (χ3v) is 4.40. The maximum absolute atomic E-state index is 13.1. The number of carbonyl (C=O) groups excluding carboxylic acids is 2. The molecular weight excluding hydrogens is 321 g/mol. The molecule has 132 valence electrons. The molecule has 4 nitrogen and oxygen atoms in total. The lowest BCUT2D eigenvalue weighted by Gasteiger charge is -2.25. The number of rotatable bonds is 4. The fraction of sp³-hybridized carbons (Fsp3) is 0.529. The van der Waals surface area contributed by atoms with Crippen molar-refractivity contribution in [1.29, 1.82) is 0 Å². The summed E-state index contributed by atoms with van der Waals surface area (Å²) in [6.07, 6.45) is -3.21. The van der Waals surface area contributed by atoms with E-state index in [4.69, 9.17) is 0 Å². The van der Waals surface area contributed by atoms with E-state index < -0.39 is 23.7 Å². The highest BCUT2D eigenvalue weighted by molar-refractivity contribution is 5.88. The van der Waals surface area contributed by atoms with Crippen molar-refractivity contribution in [3.63, 3.8) is 0 Å². The maximum atomic E-state index is 13.1. The van der Waals surface area contributed by atoms with Gasteiger partial charge in [0.15, 0.2) is 0 Å². The highest BCUT2D eigenvalue weighted by atomic mass is 19.4. The first-order valence-electron chi connectivity index (χ1n) is 7.93. The molecule has 1 aromatic rings. The van der Waals surface area contributed by atoms with E-state index in [1.807, 2.05) is 0 Å². The van der Waals surface area contributed by atoms with Gasteiger partial charge in [-0.15, -0.1) is 0 Å². The monoisotopic (exact) mass is 342 g/mol. The number of hydrogen-bond acceptors (Lipinski definition) is 2. The first-order valence-corrected chi connectivity index (χ1v) is 7.93. The average Bonchev–Trinajstić information content (AvgIpc) is 3.03. The smallest absolute Gasteiger partial charge is 0.357 e. The number of benzene rings is 1. The minimum atomic E-state index is -4.45. The maximum Gasteiger partial charge on any atom is 0.416 e. The van der Waals surface area contributed by atoms with Gasteiger partial charge in [-0.3, -0.25) is 9.59 Å². The van der Waals surface area contributed by atoms with Crippen LogP contribution in [0, 0.1) is 0 Å². The van der Waals surface area contributed by atoms with Crippen LogP contribution in [0.1, 0.15) is 43.2 Å². The molecular formula is C17H21F3N2O2. The highest BCUT2D eigenvalue weighted by Gasteiger charge is 2.37. The second-order valence-electron chi connectivity index (χ2n) is 6.05. The summed E-state index contributed by atoms with van der Waals surface area (Å²) in [6.45, 7) is 2.07. The molecule has 0 spiro atoms. The van der Waals surface area contributed by atoms with Gasteiger partial charge in [-0.2, -0.15) is 13.2 Å². The predicted octanol–water partition coefficient (Wildman–Crippen LogP) is 2.94. The summed E-state index contributed by atoms with van der Waals surface area (Å²) in [7, 11) is 1.51. The minimum Gasteiger partial charge on any atom is -0.357 e. The molecule has 2 rings (SSSR count). The molecule has 1 N–H and O–H groups in total. The molecule has 24 heavy (non-hydrogen) atoms. The van der Waals surface area contributed by atoms with Crippen molar-refractivity contribution in [2.75, 3.05) is 13.6 Å². The van der Waals surface area contributed by atoms with E-state index in [1.54, 1.807) is 6.92 Å². The van der Waals surface area contributed by atoms with E-state index in [1.165, 1.54) is 30.1 Å². The van der Waals surface area contributed by atoms with Crippen molar-refractivity contribution in [2.24, 2.45) is 0 Å². The average molecular weight is 342 g/mol. The molecule has 0 aliphatic carbocycles. The van der Waals surface area contributed by atoms with E-state index in [2.05, 4.69) is 5.32 Å². The van der Waals surface area contributed by atoms with Crippen LogP contribution in [-0.4, -0.2) is 36.3 Å². The summed E-state index contributed by atoms with van der Waals surface area (Å²) in [5.41, 5.74) is -0.608. The van der Waals surface area contributed by atoms with E-state index in [9.17, 15) is 22.8 Å². The minimum absolute atomic E-state index is 0.0550. The van der Waals surface area contributed by atoms with Gasteiger partial charge < -0.3 is 10.2 Å². The largest absolute Gasteiger partial charge is 0.416 e. The third kappa shape index (κ3) is 3.88. The Kier molecular flexibility index (Phi) is 5.51. The van der Waals surface area contributed by atoms with Crippen LogP contribution in [0.15, 0.2) is 24.3 Å². The van der Waals surface area contributed by atoms with Gasteiger partial charge in [0.1, 0.15) is 6.04 Å². The Morgan fingerprint density at radius 3 is 2.62 bits per heavy atom. The molecule has 0 bridgehead atoms. The Morgan fingerprint density at radius 1 is 1.33 bits per heavy atom. The fourth-order valence-electron chi connectivity index (χ4n) is 3.18. The predicted molar refractivity (Wildman–Crippen MR) is 83.3 cm³/mol. The second kappa shape index (κ2) is 7.23. The first kappa shape index (κ1) is 18.3. The van der Waals surface area contributed by atoms with Crippen LogP contribution >= 0.6 is 0 Å². The zero-order valence-electron chi connectivity index (χ0n) is 13.7. The number of nitrogens with zero attached hydrogens (tertiary/aromatic N) is 1. The summed E-state index contributed by atoms with van der Waals surface area (Å²) < 4.78 is 39.3. The van der Waals surface area contributed by atoms with Gasteiger partial charge in [-0.05, 0) is 30.4 Å². The molecule has 0 aromatic heterocycles. The molecule has 1 heterocycles.